The fourth-order valence-electron chi connectivity index (χ4n) is 2.60. The molecule has 1 fully saturated rings. The number of hydrogen-bond donors (Lipinski definition) is 0. The minimum Gasteiger partial charge on any atom is -0.489 e. The predicted molar refractivity (Wildman–Crippen MR) is 91.4 cm³/mol. The van der Waals surface area contributed by atoms with E-state index in [9.17, 15) is 4.79 Å². The maximum Gasteiger partial charge on any atom is 0.260 e. The van der Waals surface area contributed by atoms with Gasteiger partial charge in [-0.05, 0) is 36.4 Å². The summed E-state index contributed by atoms with van der Waals surface area (Å²) in [7, 11) is 0. The average Bonchev–Trinajstić information content (AvgIpc) is 2.62. The number of piperidine rings is 1. The normalized spacial score (nSPS) is 15.1. The second-order valence-electron chi connectivity index (χ2n) is 5.63. The topological polar surface area (TPSA) is 51.7 Å². The van der Waals surface area contributed by atoms with E-state index in [0.29, 0.717) is 23.9 Å². The molecule has 1 saturated heterocycles. The highest BCUT2D eigenvalue weighted by Crippen LogP contribution is 2.19. The summed E-state index contributed by atoms with van der Waals surface area (Å²) < 4.78 is 11.4. The van der Waals surface area contributed by atoms with Crippen molar-refractivity contribution in [2.45, 2.75) is 18.9 Å². The number of aromatic nitrogens is 1. The maximum absolute atomic E-state index is 12.2. The predicted octanol–water partition coefficient (Wildman–Crippen LogP) is 3.18. The molecule has 0 unspecified atom stereocenters. The molecule has 5 nitrogen and oxygen atoms in total. The molecular formula is C18H19ClN2O3. The fourth-order valence-corrected chi connectivity index (χ4v) is 2.73. The summed E-state index contributed by atoms with van der Waals surface area (Å²) in [5, 5.41) is 0.643. The molecule has 0 saturated carbocycles. The zero-order chi connectivity index (χ0) is 16.8. The van der Waals surface area contributed by atoms with Gasteiger partial charge >= 0.3 is 0 Å². The number of rotatable bonds is 5. The van der Waals surface area contributed by atoms with Gasteiger partial charge < -0.3 is 14.4 Å². The fraction of sp³-hybridized carbons (Fsp3) is 0.333. The van der Waals surface area contributed by atoms with Crippen molar-refractivity contribution in [3.63, 3.8) is 0 Å². The molecule has 1 aliphatic heterocycles. The Morgan fingerprint density at radius 2 is 1.92 bits per heavy atom. The van der Waals surface area contributed by atoms with Gasteiger partial charge in [-0.3, -0.25) is 9.78 Å². The monoisotopic (exact) mass is 346 g/mol. The Hall–Kier alpha value is -2.27. The van der Waals surface area contributed by atoms with Crippen LogP contribution in [0.15, 0.2) is 48.8 Å². The highest BCUT2D eigenvalue weighted by atomic mass is 35.5. The summed E-state index contributed by atoms with van der Waals surface area (Å²) in [4.78, 5) is 18.1. The van der Waals surface area contributed by atoms with Crippen molar-refractivity contribution in [3.8, 4) is 11.5 Å². The molecule has 126 valence electrons. The van der Waals surface area contributed by atoms with Gasteiger partial charge in [-0.2, -0.15) is 0 Å². The van der Waals surface area contributed by atoms with Crippen LogP contribution >= 0.6 is 11.6 Å². The molecule has 1 aromatic carbocycles. The van der Waals surface area contributed by atoms with Crippen molar-refractivity contribution in [3.05, 3.63) is 53.8 Å². The number of nitrogens with zero attached hydrogens (tertiary/aromatic N) is 2. The smallest absolute Gasteiger partial charge is 0.260 e. The lowest BCUT2D eigenvalue weighted by Crippen LogP contribution is -2.43. The van der Waals surface area contributed by atoms with Crippen LogP contribution in [0.1, 0.15) is 12.8 Å². The summed E-state index contributed by atoms with van der Waals surface area (Å²) in [6.07, 6.45) is 5.16. The van der Waals surface area contributed by atoms with Crippen LogP contribution in [-0.4, -0.2) is 41.6 Å². The minimum absolute atomic E-state index is 0.00947. The van der Waals surface area contributed by atoms with Crippen molar-refractivity contribution in [2.24, 2.45) is 0 Å². The third-order valence-electron chi connectivity index (χ3n) is 3.91. The van der Waals surface area contributed by atoms with Crippen LogP contribution in [0.5, 0.6) is 11.5 Å². The number of benzene rings is 1. The molecule has 24 heavy (non-hydrogen) atoms. The van der Waals surface area contributed by atoms with Crippen LogP contribution < -0.4 is 9.47 Å². The number of pyridine rings is 1. The highest BCUT2D eigenvalue weighted by molar-refractivity contribution is 6.30. The van der Waals surface area contributed by atoms with Gasteiger partial charge in [-0.25, -0.2) is 0 Å². The standard InChI is InChI=1S/C18H19ClN2O3/c19-14-3-5-15(6-4-14)23-13-18(22)21-10-7-16(8-11-21)24-17-2-1-9-20-12-17/h1-6,9,12,16H,7-8,10-11,13H2. The molecule has 1 amide bonds. The molecule has 1 aromatic heterocycles. The van der Waals surface area contributed by atoms with E-state index in [4.69, 9.17) is 21.1 Å². The first-order chi connectivity index (χ1) is 11.7. The number of carbonyl (C=O) groups is 1. The van der Waals surface area contributed by atoms with E-state index < -0.39 is 0 Å². The van der Waals surface area contributed by atoms with E-state index in [0.717, 1.165) is 18.6 Å². The SMILES string of the molecule is O=C(COc1ccc(Cl)cc1)N1CCC(Oc2cccnc2)CC1. The van der Waals surface area contributed by atoms with E-state index in [2.05, 4.69) is 4.98 Å². The zero-order valence-corrected chi connectivity index (χ0v) is 14.0. The first-order valence-electron chi connectivity index (χ1n) is 7.93. The summed E-state index contributed by atoms with van der Waals surface area (Å²) in [6.45, 7) is 1.39. The van der Waals surface area contributed by atoms with Crippen molar-refractivity contribution in [2.75, 3.05) is 19.7 Å². The number of halogens is 1. The van der Waals surface area contributed by atoms with Crippen LogP contribution in [0.25, 0.3) is 0 Å². The largest absolute Gasteiger partial charge is 0.489 e. The molecule has 0 bridgehead atoms. The Morgan fingerprint density at radius 3 is 2.58 bits per heavy atom. The molecule has 2 heterocycles. The molecule has 0 radical (unpaired) electrons. The molecule has 1 aliphatic rings. The van der Waals surface area contributed by atoms with Crippen LogP contribution in [0, 0.1) is 0 Å². The van der Waals surface area contributed by atoms with Gasteiger partial charge in [-0.1, -0.05) is 11.6 Å². The van der Waals surface area contributed by atoms with Gasteiger partial charge in [0.25, 0.3) is 5.91 Å². The molecule has 6 heteroatoms. The quantitative estimate of drug-likeness (QED) is 0.834. The zero-order valence-electron chi connectivity index (χ0n) is 13.2. The summed E-state index contributed by atoms with van der Waals surface area (Å²) in [5.74, 6) is 1.40. The Bertz CT molecular complexity index is 656. The molecule has 3 rings (SSSR count). The number of ether oxygens (including phenoxy) is 2. The van der Waals surface area contributed by atoms with E-state index in [-0.39, 0.29) is 18.6 Å². The third-order valence-corrected chi connectivity index (χ3v) is 4.16. The first-order valence-corrected chi connectivity index (χ1v) is 8.31. The summed E-state index contributed by atoms with van der Waals surface area (Å²) in [6, 6.07) is 10.7. The third kappa shape index (κ3) is 4.61. The van der Waals surface area contributed by atoms with Crippen LogP contribution in [0.2, 0.25) is 5.02 Å². The van der Waals surface area contributed by atoms with Crippen LogP contribution in [0.3, 0.4) is 0 Å². The molecule has 0 aliphatic carbocycles. The Morgan fingerprint density at radius 1 is 1.17 bits per heavy atom. The van der Waals surface area contributed by atoms with Crippen molar-refractivity contribution in [1.82, 2.24) is 9.88 Å². The van der Waals surface area contributed by atoms with Gasteiger partial charge in [0.1, 0.15) is 17.6 Å². The van der Waals surface area contributed by atoms with Crippen LogP contribution in [0.4, 0.5) is 0 Å². The molecule has 2 aromatic rings. The van der Waals surface area contributed by atoms with Gasteiger partial charge in [-0.15, -0.1) is 0 Å². The Labute approximate surface area is 146 Å². The van der Waals surface area contributed by atoms with E-state index in [1.165, 1.54) is 0 Å². The highest BCUT2D eigenvalue weighted by Gasteiger charge is 2.24. The van der Waals surface area contributed by atoms with Gasteiger partial charge in [0.2, 0.25) is 0 Å². The van der Waals surface area contributed by atoms with Gasteiger partial charge in [0, 0.05) is 37.2 Å². The second kappa shape index (κ2) is 8.02. The van der Waals surface area contributed by atoms with E-state index >= 15 is 0 Å². The number of hydrogen-bond acceptors (Lipinski definition) is 4. The first kappa shape index (κ1) is 16.6. The Balaban J connectivity index is 1.42. The van der Waals surface area contributed by atoms with Crippen molar-refractivity contribution < 1.29 is 14.3 Å². The maximum atomic E-state index is 12.2. The number of amides is 1. The molecule has 0 N–H and O–H groups in total. The lowest BCUT2D eigenvalue weighted by atomic mass is 10.1. The molecule has 0 atom stereocenters. The molecule has 0 spiro atoms. The summed E-state index contributed by atoms with van der Waals surface area (Å²) in [5.41, 5.74) is 0. The van der Waals surface area contributed by atoms with E-state index in [1.807, 2.05) is 17.0 Å². The van der Waals surface area contributed by atoms with E-state index in [1.54, 1.807) is 36.7 Å². The lowest BCUT2D eigenvalue weighted by molar-refractivity contribution is -0.135. The van der Waals surface area contributed by atoms with Crippen molar-refractivity contribution in [1.29, 1.82) is 0 Å². The minimum atomic E-state index is -0.00947. The van der Waals surface area contributed by atoms with Gasteiger partial charge in [0.15, 0.2) is 6.61 Å². The lowest BCUT2D eigenvalue weighted by Gasteiger charge is -2.32. The molecular weight excluding hydrogens is 328 g/mol. The summed E-state index contributed by atoms with van der Waals surface area (Å²) >= 11 is 5.82. The number of likely N-dealkylation sites (tertiary alicyclic amines) is 1. The number of carbonyl (C=O) groups excluding carboxylic acids is 1. The average molecular weight is 347 g/mol. The van der Waals surface area contributed by atoms with Gasteiger partial charge in [0.05, 0.1) is 6.20 Å². The Kier molecular flexibility index (Phi) is 5.54. The second-order valence-corrected chi connectivity index (χ2v) is 6.07. The van der Waals surface area contributed by atoms with Crippen LogP contribution in [-0.2, 0) is 4.79 Å². The van der Waals surface area contributed by atoms with Crippen molar-refractivity contribution >= 4 is 17.5 Å².